The first kappa shape index (κ1) is 22.1. The zero-order chi connectivity index (χ0) is 24.0. The van der Waals surface area contributed by atoms with Gasteiger partial charge in [0, 0.05) is 18.5 Å². The fourth-order valence-electron chi connectivity index (χ4n) is 4.49. The Morgan fingerprint density at radius 1 is 1.00 bits per heavy atom. The van der Waals surface area contributed by atoms with Crippen LogP contribution in [0.15, 0.2) is 65.7 Å². The number of hydrogen-bond donors (Lipinski definition) is 0. The van der Waals surface area contributed by atoms with E-state index < -0.39 is 11.7 Å². The molecule has 1 saturated heterocycles. The van der Waals surface area contributed by atoms with Crippen molar-refractivity contribution in [3.05, 3.63) is 82.4 Å². The van der Waals surface area contributed by atoms with Crippen molar-refractivity contribution in [1.29, 1.82) is 0 Å². The van der Waals surface area contributed by atoms with Crippen LogP contribution >= 0.6 is 0 Å². The molecule has 1 aliphatic heterocycles. The van der Waals surface area contributed by atoms with Crippen LogP contribution in [-0.4, -0.2) is 27.9 Å². The summed E-state index contributed by atoms with van der Waals surface area (Å²) in [6.07, 6.45) is 0.0239. The lowest BCUT2D eigenvalue weighted by molar-refractivity contribution is -0.137. The van der Waals surface area contributed by atoms with Crippen LogP contribution in [0.2, 0.25) is 0 Å². The predicted molar refractivity (Wildman–Crippen MR) is 126 cm³/mol. The average Bonchev–Trinajstić information content (AvgIpc) is 3.24. The van der Waals surface area contributed by atoms with Crippen molar-refractivity contribution >= 4 is 16.6 Å². The lowest BCUT2D eigenvalue weighted by atomic mass is 10.0. The highest BCUT2D eigenvalue weighted by molar-refractivity contribution is 5.86. The third-order valence-corrected chi connectivity index (χ3v) is 6.34. The maximum atomic E-state index is 13.2. The van der Waals surface area contributed by atoms with E-state index in [1.807, 2.05) is 13.0 Å². The van der Waals surface area contributed by atoms with Crippen LogP contribution in [0.1, 0.15) is 24.5 Å². The number of hydrogen-bond acceptors (Lipinski definition) is 4. The molecule has 0 spiro atoms. The van der Waals surface area contributed by atoms with Crippen LogP contribution in [0.5, 0.6) is 0 Å². The number of alkyl halides is 3. The Kier molecular flexibility index (Phi) is 5.38. The van der Waals surface area contributed by atoms with Crippen LogP contribution < -0.4 is 10.5 Å². The smallest absolute Gasteiger partial charge is 0.356 e. The predicted octanol–water partition coefficient (Wildman–Crippen LogP) is 5.62. The number of halogens is 3. The highest BCUT2D eigenvalue weighted by Crippen LogP contribution is 2.31. The van der Waals surface area contributed by atoms with E-state index in [0.717, 1.165) is 43.0 Å². The van der Waals surface area contributed by atoms with E-state index in [1.54, 1.807) is 30.6 Å². The monoisotopic (exact) mass is 464 g/mol. The number of nitrogens with zero attached hydrogens (tertiary/aromatic N) is 4. The quantitative estimate of drug-likeness (QED) is 0.395. The Bertz CT molecular complexity index is 1430. The number of benzene rings is 2. The number of rotatable bonds is 3. The molecule has 1 aliphatic rings. The minimum Gasteiger partial charge on any atom is -0.356 e. The molecule has 0 saturated carbocycles. The first-order valence-electron chi connectivity index (χ1n) is 11.1. The molecule has 1 unspecified atom stereocenters. The third-order valence-electron chi connectivity index (χ3n) is 6.34. The lowest BCUT2D eigenvalue weighted by Crippen LogP contribution is -2.23. The largest absolute Gasteiger partial charge is 0.416 e. The van der Waals surface area contributed by atoms with Crippen LogP contribution in [0, 0.1) is 12.8 Å². The van der Waals surface area contributed by atoms with Gasteiger partial charge in [-0.15, -0.1) is 0 Å². The van der Waals surface area contributed by atoms with Crippen molar-refractivity contribution in [2.45, 2.75) is 26.4 Å². The Morgan fingerprint density at radius 3 is 2.38 bits per heavy atom. The van der Waals surface area contributed by atoms with Gasteiger partial charge < -0.3 is 4.90 Å². The van der Waals surface area contributed by atoms with Crippen molar-refractivity contribution in [1.82, 2.24) is 14.8 Å². The molecule has 1 atom stereocenters. The SMILES string of the molecule is Cc1cc(-n2ncc3cc(-c4ccc(C(F)(F)F)cc4)ccc3c2=O)cnc1N1CCC(C)C1. The zero-order valence-corrected chi connectivity index (χ0v) is 18.8. The summed E-state index contributed by atoms with van der Waals surface area (Å²) < 4.78 is 39.9. The van der Waals surface area contributed by atoms with Gasteiger partial charge in [0.25, 0.3) is 5.56 Å². The third kappa shape index (κ3) is 4.04. The fraction of sp³-hybridized carbons (Fsp3) is 0.269. The van der Waals surface area contributed by atoms with Gasteiger partial charge in [0.15, 0.2) is 0 Å². The summed E-state index contributed by atoms with van der Waals surface area (Å²) in [4.78, 5) is 20.0. The van der Waals surface area contributed by atoms with E-state index in [1.165, 1.54) is 16.8 Å². The van der Waals surface area contributed by atoms with Gasteiger partial charge in [-0.25, -0.2) is 4.98 Å². The summed E-state index contributed by atoms with van der Waals surface area (Å²) in [5.74, 6) is 1.57. The van der Waals surface area contributed by atoms with Gasteiger partial charge in [-0.2, -0.15) is 23.0 Å². The first-order valence-corrected chi connectivity index (χ1v) is 11.1. The standard InChI is InChI=1S/C26H23F3N4O/c1-16-9-10-32(15-16)24-17(2)11-22(14-30-24)33-25(34)23-8-5-19(12-20(23)13-31-33)18-3-6-21(7-4-18)26(27,28)29/h3-8,11-14,16H,9-10,15H2,1-2H3. The number of aromatic nitrogens is 3. The molecule has 0 amide bonds. The Balaban J connectivity index is 1.47. The van der Waals surface area contributed by atoms with E-state index in [4.69, 9.17) is 0 Å². The van der Waals surface area contributed by atoms with Crippen molar-refractivity contribution in [3.63, 3.8) is 0 Å². The summed E-state index contributed by atoms with van der Waals surface area (Å²) in [5, 5.41) is 5.43. The Morgan fingerprint density at radius 2 is 1.74 bits per heavy atom. The summed E-state index contributed by atoms with van der Waals surface area (Å²) in [6, 6.07) is 12.1. The molecular formula is C26H23F3N4O. The molecule has 0 bridgehead atoms. The van der Waals surface area contributed by atoms with E-state index in [2.05, 4.69) is 21.9 Å². The second-order valence-electron chi connectivity index (χ2n) is 8.91. The van der Waals surface area contributed by atoms with E-state index in [-0.39, 0.29) is 5.56 Å². The van der Waals surface area contributed by atoms with Gasteiger partial charge in [-0.3, -0.25) is 4.79 Å². The van der Waals surface area contributed by atoms with Gasteiger partial charge in [-0.05, 0) is 66.3 Å². The van der Waals surface area contributed by atoms with Gasteiger partial charge >= 0.3 is 6.18 Å². The number of anilines is 1. The number of pyridine rings is 1. The lowest BCUT2D eigenvalue weighted by Gasteiger charge is -2.19. The highest BCUT2D eigenvalue weighted by Gasteiger charge is 2.30. The van der Waals surface area contributed by atoms with Gasteiger partial charge in [-0.1, -0.05) is 25.1 Å². The van der Waals surface area contributed by atoms with Crippen LogP contribution in [-0.2, 0) is 6.18 Å². The van der Waals surface area contributed by atoms with Gasteiger partial charge in [0.2, 0.25) is 0 Å². The molecule has 4 aromatic rings. The first-order chi connectivity index (χ1) is 16.2. The van der Waals surface area contributed by atoms with Crippen LogP contribution in [0.4, 0.5) is 19.0 Å². The Labute approximate surface area is 194 Å². The number of fused-ring (bicyclic) bond motifs is 1. The molecule has 0 N–H and O–H groups in total. The molecule has 0 aliphatic carbocycles. The zero-order valence-electron chi connectivity index (χ0n) is 18.8. The molecule has 3 heterocycles. The normalized spacial score (nSPS) is 16.4. The van der Waals surface area contributed by atoms with Crippen molar-refractivity contribution in [3.8, 4) is 16.8 Å². The van der Waals surface area contributed by atoms with Crippen molar-refractivity contribution in [2.75, 3.05) is 18.0 Å². The van der Waals surface area contributed by atoms with Crippen molar-refractivity contribution in [2.24, 2.45) is 5.92 Å². The molecule has 174 valence electrons. The topological polar surface area (TPSA) is 51.0 Å². The molecule has 5 rings (SSSR count). The molecule has 0 radical (unpaired) electrons. The van der Waals surface area contributed by atoms with E-state index in [9.17, 15) is 18.0 Å². The maximum absolute atomic E-state index is 13.2. The molecule has 8 heteroatoms. The van der Waals surface area contributed by atoms with E-state index in [0.29, 0.717) is 33.5 Å². The van der Waals surface area contributed by atoms with E-state index >= 15 is 0 Å². The molecule has 2 aromatic heterocycles. The average molecular weight is 464 g/mol. The summed E-state index contributed by atoms with van der Waals surface area (Å²) in [6.45, 7) is 6.16. The number of aryl methyl sites for hydroxylation is 1. The second-order valence-corrected chi connectivity index (χ2v) is 8.91. The fourth-order valence-corrected chi connectivity index (χ4v) is 4.49. The highest BCUT2D eigenvalue weighted by atomic mass is 19.4. The minimum atomic E-state index is -4.38. The van der Waals surface area contributed by atoms with Crippen molar-refractivity contribution < 1.29 is 13.2 Å². The summed E-state index contributed by atoms with van der Waals surface area (Å²) >= 11 is 0. The van der Waals surface area contributed by atoms with Crippen LogP contribution in [0.3, 0.4) is 0 Å². The summed E-state index contributed by atoms with van der Waals surface area (Å²) in [7, 11) is 0. The molecular weight excluding hydrogens is 441 g/mol. The van der Waals surface area contributed by atoms with Crippen LogP contribution in [0.25, 0.3) is 27.6 Å². The molecule has 2 aromatic carbocycles. The summed E-state index contributed by atoms with van der Waals surface area (Å²) in [5.41, 5.74) is 1.94. The maximum Gasteiger partial charge on any atom is 0.416 e. The van der Waals surface area contributed by atoms with Gasteiger partial charge in [0.1, 0.15) is 5.82 Å². The second kappa shape index (κ2) is 8.27. The van der Waals surface area contributed by atoms with Gasteiger partial charge in [0.05, 0.1) is 29.0 Å². The molecule has 5 nitrogen and oxygen atoms in total. The molecule has 34 heavy (non-hydrogen) atoms. The minimum absolute atomic E-state index is 0.278. The molecule has 1 fully saturated rings. The Hall–Kier alpha value is -3.68.